The Labute approximate surface area is 184 Å². The second-order valence-corrected chi connectivity index (χ2v) is 7.99. The van der Waals surface area contributed by atoms with E-state index in [1.165, 1.54) is 4.90 Å². The van der Waals surface area contributed by atoms with Crippen molar-refractivity contribution in [3.63, 3.8) is 0 Å². The molecule has 1 aliphatic rings. The summed E-state index contributed by atoms with van der Waals surface area (Å²) < 4.78 is 16.9. The van der Waals surface area contributed by atoms with Crippen molar-refractivity contribution in [3.8, 4) is 5.75 Å². The van der Waals surface area contributed by atoms with Crippen molar-refractivity contribution < 1.29 is 18.5 Å². The number of rotatable bonds is 4. The molecule has 1 amide bonds. The van der Waals surface area contributed by atoms with Crippen molar-refractivity contribution >= 4 is 22.7 Å². The number of nitrogens with zero attached hydrogens (tertiary/aromatic N) is 2. The molecule has 1 aliphatic heterocycles. The Kier molecular flexibility index (Phi) is 4.62. The van der Waals surface area contributed by atoms with Gasteiger partial charge in [0.1, 0.15) is 17.1 Å². The van der Waals surface area contributed by atoms with E-state index in [1.807, 2.05) is 51.1 Å². The first-order valence-electron chi connectivity index (χ1n) is 10.5. The number of fused-ring (bicyclic) bond motifs is 2. The van der Waals surface area contributed by atoms with Crippen molar-refractivity contribution in [1.29, 1.82) is 0 Å². The molecule has 0 saturated heterocycles. The molecule has 2 aromatic heterocycles. The molecule has 32 heavy (non-hydrogen) atoms. The van der Waals surface area contributed by atoms with E-state index in [-0.39, 0.29) is 11.2 Å². The average Bonchev–Trinajstić information content (AvgIpc) is 3.31. The highest BCUT2D eigenvalue weighted by molar-refractivity contribution is 6.10. The summed E-state index contributed by atoms with van der Waals surface area (Å²) in [5.74, 6) is 1.12. The number of anilines is 1. The molecule has 0 radical (unpaired) electrons. The number of aryl methyl sites for hydroxylation is 3. The minimum absolute atomic E-state index is 0.0261. The Morgan fingerprint density at radius 1 is 1.06 bits per heavy atom. The number of benzene rings is 2. The molecule has 0 bridgehead atoms. The maximum Gasteiger partial charge on any atom is 0.296 e. The van der Waals surface area contributed by atoms with Crippen LogP contribution in [0.15, 0.2) is 56.2 Å². The average molecular weight is 430 g/mol. The molecule has 2 aromatic carbocycles. The Bertz CT molecular complexity index is 1430. The monoisotopic (exact) mass is 430 g/mol. The summed E-state index contributed by atoms with van der Waals surface area (Å²) in [5, 5.41) is 4.50. The molecule has 5 rings (SSSR count). The fraction of sp³-hybridized carbons (Fsp3) is 0.240. The van der Waals surface area contributed by atoms with Gasteiger partial charge in [-0.05, 0) is 68.7 Å². The second kappa shape index (κ2) is 7.37. The molecular weight excluding hydrogens is 408 g/mol. The number of aromatic nitrogens is 1. The predicted molar refractivity (Wildman–Crippen MR) is 119 cm³/mol. The molecule has 3 heterocycles. The standard InChI is InChI=1S/C25H22N2O5/c1-5-30-17-8-6-7-16(12-17)22-21-23(28)18-9-13(2)14(3)10-19(18)31-24(21)25(29)27(22)20-11-15(4)32-26-20/h6-12,22H,5H2,1-4H3/t22-/m0/s1. The lowest BCUT2D eigenvalue weighted by Gasteiger charge is -2.22. The number of amides is 1. The normalized spacial score (nSPS) is 15.4. The highest BCUT2D eigenvalue weighted by Crippen LogP contribution is 2.41. The summed E-state index contributed by atoms with van der Waals surface area (Å²) in [6, 6.07) is 11.9. The van der Waals surface area contributed by atoms with E-state index in [0.717, 1.165) is 16.7 Å². The fourth-order valence-corrected chi connectivity index (χ4v) is 4.19. The third-order valence-corrected chi connectivity index (χ3v) is 5.83. The van der Waals surface area contributed by atoms with Crippen LogP contribution in [0.3, 0.4) is 0 Å². The van der Waals surface area contributed by atoms with Crippen LogP contribution in [-0.2, 0) is 0 Å². The number of carbonyl (C=O) groups is 1. The quantitative estimate of drug-likeness (QED) is 0.460. The minimum atomic E-state index is -0.718. The van der Waals surface area contributed by atoms with Crippen LogP contribution in [0.1, 0.15) is 51.5 Å². The number of hydrogen-bond donors (Lipinski definition) is 0. The summed E-state index contributed by atoms with van der Waals surface area (Å²) >= 11 is 0. The Hall–Kier alpha value is -3.87. The first-order valence-corrected chi connectivity index (χ1v) is 10.5. The van der Waals surface area contributed by atoms with Crippen LogP contribution < -0.4 is 15.1 Å². The second-order valence-electron chi connectivity index (χ2n) is 7.99. The van der Waals surface area contributed by atoms with Crippen LogP contribution in [0.25, 0.3) is 11.0 Å². The van der Waals surface area contributed by atoms with Crippen molar-refractivity contribution in [3.05, 3.63) is 86.5 Å². The zero-order valence-electron chi connectivity index (χ0n) is 18.3. The van der Waals surface area contributed by atoms with Crippen LogP contribution in [0.4, 0.5) is 5.82 Å². The van der Waals surface area contributed by atoms with Gasteiger partial charge in [0.25, 0.3) is 5.91 Å². The van der Waals surface area contributed by atoms with Gasteiger partial charge < -0.3 is 13.7 Å². The maximum atomic E-state index is 13.7. The summed E-state index contributed by atoms with van der Waals surface area (Å²) in [5.41, 5.74) is 3.14. The van der Waals surface area contributed by atoms with E-state index in [9.17, 15) is 9.59 Å². The van der Waals surface area contributed by atoms with Crippen molar-refractivity contribution in [2.75, 3.05) is 11.5 Å². The smallest absolute Gasteiger partial charge is 0.296 e. The molecule has 4 aromatic rings. The molecule has 7 nitrogen and oxygen atoms in total. The van der Waals surface area contributed by atoms with E-state index in [0.29, 0.717) is 40.5 Å². The predicted octanol–water partition coefficient (Wildman–Crippen LogP) is 4.85. The minimum Gasteiger partial charge on any atom is -0.494 e. The molecule has 0 fully saturated rings. The summed E-state index contributed by atoms with van der Waals surface area (Å²) in [6.07, 6.45) is 0. The van der Waals surface area contributed by atoms with E-state index in [2.05, 4.69) is 5.16 Å². The topological polar surface area (TPSA) is 85.8 Å². The van der Waals surface area contributed by atoms with Crippen molar-refractivity contribution in [1.82, 2.24) is 5.16 Å². The number of carbonyl (C=O) groups excluding carboxylic acids is 1. The number of hydrogen-bond acceptors (Lipinski definition) is 6. The lowest BCUT2D eigenvalue weighted by atomic mass is 9.97. The van der Waals surface area contributed by atoms with Gasteiger partial charge in [-0.3, -0.25) is 14.5 Å². The van der Waals surface area contributed by atoms with Crippen LogP contribution in [0.5, 0.6) is 5.75 Å². The highest BCUT2D eigenvalue weighted by atomic mass is 16.5. The molecule has 0 unspecified atom stereocenters. The SMILES string of the molecule is CCOc1cccc([C@H]2c3c(oc4cc(C)c(C)cc4c3=O)C(=O)N2c2cc(C)on2)c1. The lowest BCUT2D eigenvalue weighted by molar-refractivity contribution is 0.0969. The van der Waals surface area contributed by atoms with Crippen LogP contribution in [0, 0.1) is 20.8 Å². The number of ether oxygens (including phenoxy) is 1. The molecular formula is C25H22N2O5. The van der Waals surface area contributed by atoms with Crippen molar-refractivity contribution in [2.45, 2.75) is 33.7 Å². The third-order valence-electron chi connectivity index (χ3n) is 5.83. The van der Waals surface area contributed by atoms with Gasteiger partial charge >= 0.3 is 0 Å². The van der Waals surface area contributed by atoms with Gasteiger partial charge in [-0.25, -0.2) is 0 Å². The summed E-state index contributed by atoms with van der Waals surface area (Å²) in [7, 11) is 0. The van der Waals surface area contributed by atoms with Gasteiger partial charge in [0.15, 0.2) is 11.2 Å². The Balaban J connectivity index is 1.80. The third kappa shape index (κ3) is 3.00. The first kappa shape index (κ1) is 20.1. The van der Waals surface area contributed by atoms with Crippen molar-refractivity contribution in [2.24, 2.45) is 0 Å². The van der Waals surface area contributed by atoms with Gasteiger partial charge in [0.2, 0.25) is 5.76 Å². The fourth-order valence-electron chi connectivity index (χ4n) is 4.19. The van der Waals surface area contributed by atoms with E-state index < -0.39 is 11.9 Å². The van der Waals surface area contributed by atoms with Crippen LogP contribution in [0.2, 0.25) is 0 Å². The molecule has 162 valence electrons. The van der Waals surface area contributed by atoms with Gasteiger partial charge in [-0.1, -0.05) is 17.3 Å². The molecule has 0 spiro atoms. The summed E-state index contributed by atoms with van der Waals surface area (Å²) in [4.78, 5) is 28.7. The largest absolute Gasteiger partial charge is 0.494 e. The maximum absolute atomic E-state index is 13.7. The Morgan fingerprint density at radius 3 is 2.56 bits per heavy atom. The van der Waals surface area contributed by atoms with Gasteiger partial charge in [-0.15, -0.1) is 0 Å². The zero-order chi connectivity index (χ0) is 22.6. The highest BCUT2D eigenvalue weighted by Gasteiger charge is 2.45. The van der Waals surface area contributed by atoms with E-state index in [4.69, 9.17) is 13.7 Å². The van der Waals surface area contributed by atoms with Crippen LogP contribution in [-0.4, -0.2) is 17.7 Å². The summed E-state index contributed by atoms with van der Waals surface area (Å²) in [6.45, 7) is 8.03. The Morgan fingerprint density at radius 2 is 1.84 bits per heavy atom. The van der Waals surface area contributed by atoms with Gasteiger partial charge in [-0.2, -0.15) is 0 Å². The molecule has 1 atom stereocenters. The van der Waals surface area contributed by atoms with Crippen LogP contribution >= 0.6 is 0 Å². The first-order chi connectivity index (χ1) is 15.4. The lowest BCUT2D eigenvalue weighted by Crippen LogP contribution is -2.29. The van der Waals surface area contributed by atoms with Gasteiger partial charge in [0, 0.05) is 6.07 Å². The molecule has 0 aliphatic carbocycles. The van der Waals surface area contributed by atoms with E-state index in [1.54, 1.807) is 19.1 Å². The molecule has 0 saturated carbocycles. The zero-order valence-corrected chi connectivity index (χ0v) is 18.3. The van der Waals surface area contributed by atoms with E-state index >= 15 is 0 Å². The molecule has 7 heteroatoms. The van der Waals surface area contributed by atoms with Gasteiger partial charge in [0.05, 0.1) is 23.6 Å². The molecule has 0 N–H and O–H groups in total.